The van der Waals surface area contributed by atoms with Gasteiger partial charge >= 0.3 is 0 Å². The topological polar surface area (TPSA) is 4.93 Å². The number of hydrogen-bond acceptors (Lipinski definition) is 1. The van der Waals surface area contributed by atoms with Gasteiger partial charge in [-0.05, 0) is 71.3 Å². The summed E-state index contributed by atoms with van der Waals surface area (Å²) in [7, 11) is 0. The molecule has 182 valence electrons. The van der Waals surface area contributed by atoms with E-state index in [0.717, 1.165) is 22.2 Å². The molecule has 0 bridgehead atoms. The average molecular weight is 518 g/mol. The first-order valence-corrected chi connectivity index (χ1v) is 14.0. The molecule has 0 unspecified atom stereocenters. The molecule has 6 aromatic carbocycles. The van der Waals surface area contributed by atoms with Crippen molar-refractivity contribution in [2.24, 2.45) is 0 Å². The Hall–Kier alpha value is -4.73. The summed E-state index contributed by atoms with van der Waals surface area (Å²) in [6.07, 6.45) is 0. The third kappa shape index (κ3) is 2.83. The number of fused-ring (bicyclic) bond motifs is 8. The number of nitrogens with zero attached hydrogens (tertiary/aromatic N) is 1. The molecular formula is C36H20FNS. The second-order valence-electron chi connectivity index (χ2n) is 10.3. The molecular weight excluding hydrogens is 497 g/mol. The lowest BCUT2D eigenvalue weighted by atomic mass is 9.98. The molecule has 9 rings (SSSR count). The molecule has 0 amide bonds. The second kappa shape index (κ2) is 7.66. The van der Waals surface area contributed by atoms with Crippen molar-refractivity contribution in [2.45, 2.75) is 0 Å². The minimum atomic E-state index is -0.154. The van der Waals surface area contributed by atoms with Crippen molar-refractivity contribution in [3.63, 3.8) is 0 Å². The molecule has 1 aliphatic rings. The largest absolute Gasteiger partial charge is 0.309 e. The number of halogens is 1. The zero-order valence-corrected chi connectivity index (χ0v) is 21.6. The van der Waals surface area contributed by atoms with Gasteiger partial charge < -0.3 is 4.57 Å². The van der Waals surface area contributed by atoms with E-state index in [1.807, 2.05) is 18.2 Å². The smallest absolute Gasteiger partial charge is 0.131 e. The fourth-order valence-electron chi connectivity index (χ4n) is 6.51. The van der Waals surface area contributed by atoms with Gasteiger partial charge in [0.1, 0.15) is 5.82 Å². The number of para-hydroxylation sites is 2. The summed E-state index contributed by atoms with van der Waals surface area (Å²) < 4.78 is 18.3. The van der Waals surface area contributed by atoms with Crippen LogP contribution in [0.25, 0.3) is 81.0 Å². The maximum atomic E-state index is 14.7. The molecule has 1 nitrogen and oxygen atoms in total. The van der Waals surface area contributed by atoms with Crippen LogP contribution in [0.1, 0.15) is 0 Å². The third-order valence-corrected chi connectivity index (χ3v) is 9.41. The van der Waals surface area contributed by atoms with Crippen molar-refractivity contribution in [1.82, 2.24) is 4.57 Å². The molecule has 1 aliphatic carbocycles. The van der Waals surface area contributed by atoms with Crippen molar-refractivity contribution in [3.8, 4) is 38.4 Å². The fourth-order valence-corrected chi connectivity index (χ4v) is 7.74. The Balaban J connectivity index is 1.27. The minimum absolute atomic E-state index is 0.154. The van der Waals surface area contributed by atoms with E-state index in [0.29, 0.717) is 5.39 Å². The molecule has 0 spiro atoms. The number of hydrogen-bond donors (Lipinski definition) is 0. The van der Waals surface area contributed by atoms with E-state index in [-0.39, 0.29) is 5.82 Å². The molecule has 2 heterocycles. The lowest BCUT2D eigenvalue weighted by Gasteiger charge is -2.08. The van der Waals surface area contributed by atoms with Crippen LogP contribution >= 0.6 is 11.3 Å². The highest BCUT2D eigenvalue weighted by Crippen LogP contribution is 2.55. The molecule has 39 heavy (non-hydrogen) atoms. The third-order valence-electron chi connectivity index (χ3n) is 8.21. The first-order valence-electron chi connectivity index (χ1n) is 13.1. The first-order chi connectivity index (χ1) is 19.3. The zero-order chi connectivity index (χ0) is 25.7. The number of thiophene rings is 1. The Labute approximate surface area is 228 Å². The van der Waals surface area contributed by atoms with E-state index in [9.17, 15) is 4.39 Å². The van der Waals surface area contributed by atoms with Crippen LogP contribution in [0.15, 0.2) is 121 Å². The van der Waals surface area contributed by atoms with Crippen molar-refractivity contribution in [2.75, 3.05) is 0 Å². The van der Waals surface area contributed by atoms with Crippen molar-refractivity contribution >= 4 is 54.0 Å². The van der Waals surface area contributed by atoms with E-state index < -0.39 is 0 Å². The lowest BCUT2D eigenvalue weighted by Crippen LogP contribution is -1.92. The van der Waals surface area contributed by atoms with Gasteiger partial charge in [0.15, 0.2) is 0 Å². The zero-order valence-electron chi connectivity index (χ0n) is 20.8. The molecule has 3 heteroatoms. The molecule has 2 aromatic heterocycles. The van der Waals surface area contributed by atoms with Crippen LogP contribution in [0.3, 0.4) is 0 Å². The Morgan fingerprint density at radius 2 is 1.28 bits per heavy atom. The number of benzene rings is 6. The predicted octanol–water partition coefficient (Wildman–Crippen LogP) is 10.6. The van der Waals surface area contributed by atoms with Crippen LogP contribution in [-0.4, -0.2) is 4.57 Å². The molecule has 0 radical (unpaired) electrons. The molecule has 0 saturated carbocycles. The van der Waals surface area contributed by atoms with E-state index in [1.54, 1.807) is 17.4 Å². The monoisotopic (exact) mass is 517 g/mol. The Bertz CT molecular complexity index is 2290. The highest BCUT2D eigenvalue weighted by Gasteiger charge is 2.27. The van der Waals surface area contributed by atoms with Crippen LogP contribution in [0.2, 0.25) is 0 Å². The quantitative estimate of drug-likeness (QED) is 0.215. The Kier molecular flexibility index (Phi) is 4.17. The van der Waals surface area contributed by atoms with Gasteiger partial charge in [-0.25, -0.2) is 4.39 Å². The first kappa shape index (κ1) is 21.2. The summed E-state index contributed by atoms with van der Waals surface area (Å²) in [6, 6.07) is 42.4. The van der Waals surface area contributed by atoms with Crippen LogP contribution < -0.4 is 0 Å². The van der Waals surface area contributed by atoms with Crippen LogP contribution in [-0.2, 0) is 0 Å². The number of rotatable bonds is 2. The van der Waals surface area contributed by atoms with Crippen LogP contribution in [0, 0.1) is 5.82 Å². The summed E-state index contributed by atoms with van der Waals surface area (Å²) in [5.41, 5.74) is 9.49. The van der Waals surface area contributed by atoms with Gasteiger partial charge in [-0.15, -0.1) is 11.3 Å². The maximum absolute atomic E-state index is 14.7. The molecule has 8 aromatic rings. The van der Waals surface area contributed by atoms with E-state index in [2.05, 4.69) is 102 Å². The summed E-state index contributed by atoms with van der Waals surface area (Å²) in [5.74, 6) is -0.154. The standard InChI is InChI=1S/C36H20FNS/c37-30-16-15-27-34-25(30)10-6-11-26(34)35-29-20-22(14-18-33(29)39-36(27)35)21-13-17-32-28(19-21)24-9-4-5-12-31(24)38(32)23-7-2-1-3-8-23/h1-20H. The average Bonchev–Trinajstić information content (AvgIpc) is 3.63. The van der Waals surface area contributed by atoms with Crippen molar-refractivity contribution in [1.29, 1.82) is 0 Å². The van der Waals surface area contributed by atoms with Gasteiger partial charge in [-0.1, -0.05) is 66.7 Å². The lowest BCUT2D eigenvalue weighted by molar-refractivity contribution is 0.640. The van der Waals surface area contributed by atoms with Crippen molar-refractivity contribution in [3.05, 3.63) is 127 Å². The summed E-state index contributed by atoms with van der Waals surface area (Å²) in [4.78, 5) is 1.25. The highest BCUT2D eigenvalue weighted by atomic mass is 32.1. The van der Waals surface area contributed by atoms with Crippen LogP contribution in [0.5, 0.6) is 0 Å². The van der Waals surface area contributed by atoms with Gasteiger partial charge in [-0.2, -0.15) is 0 Å². The summed E-state index contributed by atoms with van der Waals surface area (Å²) >= 11 is 1.81. The highest BCUT2D eigenvalue weighted by molar-refractivity contribution is 7.23. The van der Waals surface area contributed by atoms with Gasteiger partial charge in [0, 0.05) is 53.3 Å². The number of aromatic nitrogens is 1. The maximum Gasteiger partial charge on any atom is 0.131 e. The summed E-state index contributed by atoms with van der Waals surface area (Å²) in [6.45, 7) is 0. The summed E-state index contributed by atoms with van der Waals surface area (Å²) in [5, 5.41) is 5.48. The fraction of sp³-hybridized carbons (Fsp3) is 0. The Morgan fingerprint density at radius 3 is 2.18 bits per heavy atom. The normalized spacial score (nSPS) is 12.2. The SMILES string of the molecule is Fc1ccc2c3c(cccc13)-c1c-2sc2ccc(-c3ccc4c(c3)c3ccccc3n4-c3ccccc3)cc12. The molecule has 0 atom stereocenters. The second-order valence-corrected chi connectivity index (χ2v) is 11.3. The Morgan fingerprint density at radius 1 is 0.538 bits per heavy atom. The van der Waals surface area contributed by atoms with Gasteiger partial charge in [0.25, 0.3) is 0 Å². The molecule has 0 N–H and O–H groups in total. The van der Waals surface area contributed by atoms with Crippen molar-refractivity contribution < 1.29 is 4.39 Å². The van der Waals surface area contributed by atoms with E-state index >= 15 is 0 Å². The van der Waals surface area contributed by atoms with E-state index in [4.69, 9.17) is 0 Å². The van der Waals surface area contributed by atoms with Crippen LogP contribution in [0.4, 0.5) is 4.39 Å². The van der Waals surface area contributed by atoms with E-state index in [1.165, 1.54) is 53.5 Å². The molecule has 0 fully saturated rings. The molecule has 0 saturated heterocycles. The minimum Gasteiger partial charge on any atom is -0.309 e. The van der Waals surface area contributed by atoms with Gasteiger partial charge in [0.05, 0.1) is 11.0 Å². The predicted molar refractivity (Wildman–Crippen MR) is 163 cm³/mol. The molecule has 0 aliphatic heterocycles. The van der Waals surface area contributed by atoms with Gasteiger partial charge in [0.2, 0.25) is 0 Å². The van der Waals surface area contributed by atoms with Gasteiger partial charge in [-0.3, -0.25) is 0 Å².